The van der Waals surface area contributed by atoms with Gasteiger partial charge in [-0.2, -0.15) is 0 Å². The number of likely N-dealkylation sites (tertiary alicyclic amines) is 1. The Morgan fingerprint density at radius 1 is 1.35 bits per heavy atom. The van der Waals surface area contributed by atoms with Crippen LogP contribution < -0.4 is 5.73 Å². The molecule has 1 saturated heterocycles. The van der Waals surface area contributed by atoms with Gasteiger partial charge in [0.05, 0.1) is 0 Å². The molecule has 110 valence electrons. The van der Waals surface area contributed by atoms with Gasteiger partial charge in [0.1, 0.15) is 0 Å². The molecule has 1 aromatic carbocycles. The minimum Gasteiger partial charge on any atom is -0.340 e. The highest BCUT2D eigenvalue weighted by atomic mass is 16.2. The average Bonchev–Trinajstić information content (AvgIpc) is 2.87. The molecule has 0 radical (unpaired) electrons. The largest absolute Gasteiger partial charge is 0.340 e. The maximum absolute atomic E-state index is 12.5. The minimum absolute atomic E-state index is 0.191. The Hall–Kier alpha value is -1.35. The molecule has 1 fully saturated rings. The van der Waals surface area contributed by atoms with Crippen LogP contribution in [0.2, 0.25) is 0 Å². The van der Waals surface area contributed by atoms with Crippen molar-refractivity contribution < 1.29 is 4.79 Å². The van der Waals surface area contributed by atoms with Crippen LogP contribution >= 0.6 is 0 Å². The first kappa shape index (κ1) is 15.0. The van der Waals surface area contributed by atoms with Crippen molar-refractivity contribution in [2.45, 2.75) is 51.6 Å². The van der Waals surface area contributed by atoms with E-state index < -0.39 is 0 Å². The van der Waals surface area contributed by atoms with Crippen LogP contribution in [0.4, 0.5) is 0 Å². The Balaban J connectivity index is 1.94. The summed E-state index contributed by atoms with van der Waals surface area (Å²) in [6.07, 6.45) is 3.79. The monoisotopic (exact) mass is 274 g/mol. The molecule has 3 nitrogen and oxygen atoms in total. The third-order valence-electron chi connectivity index (χ3n) is 4.06. The quantitative estimate of drug-likeness (QED) is 0.896. The van der Waals surface area contributed by atoms with E-state index in [-0.39, 0.29) is 11.9 Å². The van der Waals surface area contributed by atoms with E-state index in [1.807, 2.05) is 30.3 Å². The summed E-state index contributed by atoms with van der Waals surface area (Å²) in [5.74, 6) is 0.848. The van der Waals surface area contributed by atoms with Gasteiger partial charge < -0.3 is 10.6 Å². The highest BCUT2D eigenvalue weighted by Crippen LogP contribution is 2.25. The lowest BCUT2D eigenvalue weighted by Gasteiger charge is -2.27. The third-order valence-corrected chi connectivity index (χ3v) is 4.06. The summed E-state index contributed by atoms with van der Waals surface area (Å²) in [6, 6.07) is 10.1. The molecule has 1 amide bonds. The van der Waals surface area contributed by atoms with Gasteiger partial charge in [-0.1, -0.05) is 44.2 Å². The van der Waals surface area contributed by atoms with Crippen molar-refractivity contribution >= 4 is 5.91 Å². The fourth-order valence-electron chi connectivity index (χ4n) is 3.08. The van der Waals surface area contributed by atoms with E-state index in [1.54, 1.807) is 0 Å². The van der Waals surface area contributed by atoms with Crippen molar-refractivity contribution in [3.8, 4) is 0 Å². The minimum atomic E-state index is -0.191. The van der Waals surface area contributed by atoms with Crippen molar-refractivity contribution in [2.24, 2.45) is 11.7 Å². The Bertz CT molecular complexity index is 430. The molecular formula is C17H26N2O. The Morgan fingerprint density at radius 3 is 2.70 bits per heavy atom. The van der Waals surface area contributed by atoms with E-state index >= 15 is 0 Å². The zero-order chi connectivity index (χ0) is 14.5. The zero-order valence-electron chi connectivity index (χ0n) is 12.6. The number of carbonyl (C=O) groups is 1. The van der Waals surface area contributed by atoms with Gasteiger partial charge in [0.25, 0.3) is 0 Å². The first-order valence-corrected chi connectivity index (χ1v) is 7.68. The number of rotatable bonds is 5. The van der Waals surface area contributed by atoms with Crippen LogP contribution in [0.5, 0.6) is 0 Å². The van der Waals surface area contributed by atoms with Crippen LogP contribution in [0.15, 0.2) is 30.3 Å². The molecule has 0 spiro atoms. The molecule has 20 heavy (non-hydrogen) atoms. The second-order valence-electron chi connectivity index (χ2n) is 6.23. The van der Waals surface area contributed by atoms with Crippen LogP contribution in [0.3, 0.4) is 0 Å². The molecule has 0 unspecified atom stereocenters. The lowest BCUT2D eigenvalue weighted by molar-refractivity contribution is -0.132. The second-order valence-corrected chi connectivity index (χ2v) is 6.23. The van der Waals surface area contributed by atoms with Crippen molar-refractivity contribution in [2.75, 3.05) is 6.54 Å². The fourth-order valence-corrected chi connectivity index (χ4v) is 3.08. The second kappa shape index (κ2) is 6.89. The summed E-state index contributed by atoms with van der Waals surface area (Å²) in [6.45, 7) is 5.34. The van der Waals surface area contributed by atoms with Gasteiger partial charge in [-0.25, -0.2) is 0 Å². The molecule has 2 N–H and O–H groups in total. The number of nitrogens with two attached hydrogens (primary N) is 1. The van der Waals surface area contributed by atoms with Crippen molar-refractivity contribution in [1.82, 2.24) is 4.90 Å². The summed E-state index contributed by atoms with van der Waals surface area (Å²) in [5, 5.41) is 0. The summed E-state index contributed by atoms with van der Waals surface area (Å²) < 4.78 is 0. The molecule has 1 heterocycles. The molecule has 3 heteroatoms. The first-order valence-electron chi connectivity index (χ1n) is 7.68. The molecule has 0 aromatic heterocycles. The molecule has 2 rings (SSSR count). The van der Waals surface area contributed by atoms with Gasteiger partial charge in [0, 0.05) is 25.0 Å². The van der Waals surface area contributed by atoms with E-state index in [0.29, 0.717) is 18.4 Å². The van der Waals surface area contributed by atoms with Crippen LogP contribution in [-0.4, -0.2) is 23.4 Å². The molecule has 0 saturated carbocycles. The summed E-state index contributed by atoms with van der Waals surface area (Å²) in [5.41, 5.74) is 7.20. The predicted octanol–water partition coefficient (Wildman–Crippen LogP) is 3.11. The maximum Gasteiger partial charge on any atom is 0.224 e. The fraction of sp³-hybridized carbons (Fsp3) is 0.588. The predicted molar refractivity (Wildman–Crippen MR) is 82.2 cm³/mol. The summed E-state index contributed by atoms with van der Waals surface area (Å²) >= 11 is 0. The number of amides is 1. The van der Waals surface area contributed by atoms with E-state index in [9.17, 15) is 4.79 Å². The van der Waals surface area contributed by atoms with Crippen molar-refractivity contribution in [3.05, 3.63) is 35.9 Å². The zero-order valence-corrected chi connectivity index (χ0v) is 12.6. The van der Waals surface area contributed by atoms with Gasteiger partial charge in [0.15, 0.2) is 0 Å². The maximum atomic E-state index is 12.5. The molecule has 1 aliphatic heterocycles. The summed E-state index contributed by atoms with van der Waals surface area (Å²) in [7, 11) is 0. The van der Waals surface area contributed by atoms with Crippen LogP contribution in [-0.2, 0) is 4.79 Å². The van der Waals surface area contributed by atoms with Gasteiger partial charge in [0.2, 0.25) is 5.91 Å². The Morgan fingerprint density at radius 2 is 2.05 bits per heavy atom. The van der Waals surface area contributed by atoms with Gasteiger partial charge in [-0.15, -0.1) is 0 Å². The lowest BCUT2D eigenvalue weighted by Crippen LogP contribution is -2.37. The molecule has 0 aliphatic carbocycles. The standard InChI is InChI=1S/C17H26N2O/c1-13(2)11-15-9-6-10-19(15)17(20)12-16(18)14-7-4-3-5-8-14/h3-5,7-8,13,15-16H,6,9-12,18H2,1-2H3/t15-,16+/m0/s1. The molecule has 0 bridgehead atoms. The number of benzene rings is 1. The number of hydrogen-bond donors (Lipinski definition) is 1. The highest BCUT2D eigenvalue weighted by molar-refractivity contribution is 5.77. The molecule has 1 aromatic rings. The number of nitrogens with zero attached hydrogens (tertiary/aromatic N) is 1. The molecule has 2 atom stereocenters. The molecular weight excluding hydrogens is 248 g/mol. The SMILES string of the molecule is CC(C)C[C@@H]1CCCN1C(=O)C[C@@H](N)c1ccccc1. The van der Waals surface area contributed by atoms with E-state index in [0.717, 1.165) is 31.4 Å². The smallest absolute Gasteiger partial charge is 0.224 e. The van der Waals surface area contributed by atoms with Crippen LogP contribution in [0, 0.1) is 5.92 Å². The van der Waals surface area contributed by atoms with E-state index in [4.69, 9.17) is 5.73 Å². The van der Waals surface area contributed by atoms with E-state index in [1.165, 1.54) is 0 Å². The summed E-state index contributed by atoms with van der Waals surface area (Å²) in [4.78, 5) is 14.5. The Labute approximate surface area is 122 Å². The van der Waals surface area contributed by atoms with Crippen molar-refractivity contribution in [1.29, 1.82) is 0 Å². The van der Waals surface area contributed by atoms with Gasteiger partial charge in [-0.3, -0.25) is 4.79 Å². The highest BCUT2D eigenvalue weighted by Gasteiger charge is 2.29. The van der Waals surface area contributed by atoms with Gasteiger partial charge in [-0.05, 0) is 30.7 Å². The van der Waals surface area contributed by atoms with E-state index in [2.05, 4.69) is 18.7 Å². The third kappa shape index (κ3) is 3.83. The topological polar surface area (TPSA) is 46.3 Å². The first-order chi connectivity index (χ1) is 9.58. The van der Waals surface area contributed by atoms with Crippen LogP contribution in [0.25, 0.3) is 0 Å². The molecule has 1 aliphatic rings. The van der Waals surface area contributed by atoms with Crippen LogP contribution in [0.1, 0.15) is 51.1 Å². The number of carbonyl (C=O) groups excluding carboxylic acids is 1. The lowest BCUT2D eigenvalue weighted by atomic mass is 10.0. The number of hydrogen-bond acceptors (Lipinski definition) is 2. The average molecular weight is 274 g/mol. The normalized spacial score (nSPS) is 20.4. The van der Waals surface area contributed by atoms with Gasteiger partial charge >= 0.3 is 0 Å². The van der Waals surface area contributed by atoms with Crippen molar-refractivity contribution in [3.63, 3.8) is 0 Å². The Kier molecular flexibility index (Phi) is 5.18.